The molecule has 1 N–H and O–H groups in total. The van der Waals surface area contributed by atoms with Crippen LogP contribution in [0.4, 0.5) is 5.95 Å². The smallest absolute Gasteiger partial charge is 0.223 e. The largest absolute Gasteiger partial charge is 0.356 e. The van der Waals surface area contributed by atoms with E-state index < -0.39 is 0 Å². The molecular formula is C29H31ClN4O. The highest BCUT2D eigenvalue weighted by molar-refractivity contribution is 6.30. The van der Waals surface area contributed by atoms with E-state index in [2.05, 4.69) is 64.2 Å². The second kappa shape index (κ2) is 10.5. The number of aromatic nitrogens is 2. The number of amides is 1. The Kier molecular flexibility index (Phi) is 7.05. The van der Waals surface area contributed by atoms with Crippen molar-refractivity contribution < 1.29 is 4.79 Å². The van der Waals surface area contributed by atoms with Crippen molar-refractivity contribution in [2.75, 3.05) is 24.5 Å². The number of anilines is 1. The van der Waals surface area contributed by atoms with E-state index in [4.69, 9.17) is 16.6 Å². The Bertz CT molecular complexity index is 1310. The average molecular weight is 487 g/mol. The van der Waals surface area contributed by atoms with Crippen LogP contribution in [0.25, 0.3) is 11.0 Å². The van der Waals surface area contributed by atoms with Crippen LogP contribution in [0.5, 0.6) is 0 Å². The molecule has 3 aromatic carbocycles. The third-order valence-corrected chi connectivity index (χ3v) is 7.08. The number of imidazole rings is 1. The molecule has 1 aliphatic heterocycles. The van der Waals surface area contributed by atoms with Gasteiger partial charge in [-0.3, -0.25) is 4.79 Å². The summed E-state index contributed by atoms with van der Waals surface area (Å²) in [6.07, 6.45) is 2.48. The number of aryl methyl sites for hydroxylation is 1. The van der Waals surface area contributed by atoms with Crippen LogP contribution >= 0.6 is 11.6 Å². The molecular weight excluding hydrogens is 456 g/mol. The standard InChI is InChI=1S/C29H31ClN4O/c1-21-5-4-6-23(19-21)20-34-27-8-3-2-7-26(27)32-29(34)33-17-14-24(15-18-33)28(35)31-16-13-22-9-11-25(30)12-10-22/h2-12,19,24H,13-18,20H2,1H3,(H,31,35). The number of piperidine rings is 1. The highest BCUT2D eigenvalue weighted by atomic mass is 35.5. The lowest BCUT2D eigenvalue weighted by molar-refractivity contribution is -0.125. The van der Waals surface area contributed by atoms with Gasteiger partial charge in [0, 0.05) is 30.6 Å². The molecule has 1 aliphatic rings. The average Bonchev–Trinajstić information content (AvgIpc) is 3.23. The third kappa shape index (κ3) is 5.51. The Balaban J connectivity index is 1.23. The fraction of sp³-hybridized carbons (Fsp3) is 0.310. The number of hydrogen-bond donors (Lipinski definition) is 1. The molecule has 1 fully saturated rings. The number of fused-ring (bicyclic) bond motifs is 1. The molecule has 0 unspecified atom stereocenters. The van der Waals surface area contributed by atoms with Crippen molar-refractivity contribution in [3.63, 3.8) is 0 Å². The molecule has 180 valence electrons. The number of benzene rings is 3. The normalized spacial score (nSPS) is 14.4. The maximum Gasteiger partial charge on any atom is 0.223 e. The van der Waals surface area contributed by atoms with Gasteiger partial charge < -0.3 is 14.8 Å². The zero-order chi connectivity index (χ0) is 24.2. The van der Waals surface area contributed by atoms with Crippen LogP contribution in [-0.2, 0) is 17.8 Å². The van der Waals surface area contributed by atoms with Crippen molar-refractivity contribution in [3.05, 3.63) is 94.5 Å². The Labute approximate surface area is 211 Å². The van der Waals surface area contributed by atoms with E-state index in [0.717, 1.165) is 60.9 Å². The monoisotopic (exact) mass is 486 g/mol. The molecule has 5 nitrogen and oxygen atoms in total. The number of halogens is 1. The minimum absolute atomic E-state index is 0.0473. The number of rotatable bonds is 7. The fourth-order valence-corrected chi connectivity index (χ4v) is 5.05. The highest BCUT2D eigenvalue weighted by Gasteiger charge is 2.27. The number of nitrogens with one attached hydrogen (secondary N) is 1. The molecule has 0 atom stereocenters. The summed E-state index contributed by atoms with van der Waals surface area (Å²) in [4.78, 5) is 20.1. The number of carbonyl (C=O) groups is 1. The molecule has 5 rings (SSSR count). The second-order valence-corrected chi connectivity index (χ2v) is 9.84. The first-order valence-electron chi connectivity index (χ1n) is 12.3. The van der Waals surface area contributed by atoms with E-state index in [1.54, 1.807) is 0 Å². The van der Waals surface area contributed by atoms with Crippen molar-refractivity contribution in [1.29, 1.82) is 0 Å². The van der Waals surface area contributed by atoms with Crippen molar-refractivity contribution >= 4 is 34.5 Å². The molecule has 0 spiro atoms. The van der Waals surface area contributed by atoms with Crippen molar-refractivity contribution in [2.45, 2.75) is 32.7 Å². The fourth-order valence-electron chi connectivity index (χ4n) is 4.92. The van der Waals surface area contributed by atoms with Gasteiger partial charge in [-0.1, -0.05) is 65.7 Å². The highest BCUT2D eigenvalue weighted by Crippen LogP contribution is 2.28. The molecule has 1 saturated heterocycles. The van der Waals surface area contributed by atoms with E-state index in [9.17, 15) is 4.79 Å². The summed E-state index contributed by atoms with van der Waals surface area (Å²) < 4.78 is 2.32. The summed E-state index contributed by atoms with van der Waals surface area (Å²) >= 11 is 5.95. The Morgan fingerprint density at radius 1 is 1.00 bits per heavy atom. The molecule has 2 heterocycles. The summed E-state index contributed by atoms with van der Waals surface area (Å²) in [5, 5.41) is 3.86. The van der Waals surface area contributed by atoms with Gasteiger partial charge in [-0.05, 0) is 61.6 Å². The van der Waals surface area contributed by atoms with E-state index in [1.807, 2.05) is 30.3 Å². The summed E-state index contributed by atoms with van der Waals surface area (Å²) in [5.74, 6) is 1.20. The van der Waals surface area contributed by atoms with Gasteiger partial charge in [0.2, 0.25) is 11.9 Å². The Hall–Kier alpha value is -3.31. The lowest BCUT2D eigenvalue weighted by Gasteiger charge is -2.32. The minimum Gasteiger partial charge on any atom is -0.356 e. The quantitative estimate of drug-likeness (QED) is 0.368. The van der Waals surface area contributed by atoms with Crippen LogP contribution in [0.2, 0.25) is 5.02 Å². The number of nitrogens with zero attached hydrogens (tertiary/aromatic N) is 3. The molecule has 0 aliphatic carbocycles. The van der Waals surface area contributed by atoms with E-state index >= 15 is 0 Å². The first-order chi connectivity index (χ1) is 17.1. The minimum atomic E-state index is 0.0473. The molecule has 0 saturated carbocycles. The third-order valence-electron chi connectivity index (χ3n) is 6.83. The van der Waals surface area contributed by atoms with Gasteiger partial charge in [-0.2, -0.15) is 0 Å². The van der Waals surface area contributed by atoms with Gasteiger partial charge in [0.1, 0.15) is 0 Å². The summed E-state index contributed by atoms with van der Waals surface area (Å²) in [6, 6.07) is 24.8. The topological polar surface area (TPSA) is 50.2 Å². The molecule has 0 radical (unpaired) electrons. The maximum atomic E-state index is 12.8. The molecule has 6 heteroatoms. The summed E-state index contributed by atoms with van der Waals surface area (Å²) in [6.45, 7) is 5.20. The van der Waals surface area contributed by atoms with Crippen LogP contribution in [0.3, 0.4) is 0 Å². The first-order valence-corrected chi connectivity index (χ1v) is 12.7. The van der Waals surface area contributed by atoms with Crippen LogP contribution < -0.4 is 10.2 Å². The second-order valence-electron chi connectivity index (χ2n) is 9.40. The number of carbonyl (C=O) groups excluding carboxylic acids is 1. The van der Waals surface area contributed by atoms with Gasteiger partial charge in [0.25, 0.3) is 0 Å². The van der Waals surface area contributed by atoms with Crippen LogP contribution in [0.1, 0.15) is 29.5 Å². The van der Waals surface area contributed by atoms with Crippen LogP contribution in [-0.4, -0.2) is 35.1 Å². The first kappa shape index (κ1) is 23.4. The SMILES string of the molecule is Cc1cccc(Cn2c(N3CCC(C(=O)NCCc4ccc(Cl)cc4)CC3)nc3ccccc32)c1. The van der Waals surface area contributed by atoms with Gasteiger partial charge in [-0.25, -0.2) is 4.98 Å². The van der Waals surface area contributed by atoms with E-state index in [-0.39, 0.29) is 11.8 Å². The van der Waals surface area contributed by atoms with Crippen molar-refractivity contribution in [2.24, 2.45) is 5.92 Å². The molecule has 0 bridgehead atoms. The van der Waals surface area contributed by atoms with Gasteiger partial charge in [0.15, 0.2) is 0 Å². The zero-order valence-electron chi connectivity index (χ0n) is 20.1. The molecule has 35 heavy (non-hydrogen) atoms. The summed E-state index contributed by atoms with van der Waals surface area (Å²) in [5.41, 5.74) is 5.86. The number of hydrogen-bond acceptors (Lipinski definition) is 3. The summed E-state index contributed by atoms with van der Waals surface area (Å²) in [7, 11) is 0. The lowest BCUT2D eigenvalue weighted by Crippen LogP contribution is -2.42. The van der Waals surface area contributed by atoms with Gasteiger partial charge >= 0.3 is 0 Å². The predicted octanol–water partition coefficient (Wildman–Crippen LogP) is 5.62. The Morgan fingerprint density at radius 3 is 2.54 bits per heavy atom. The van der Waals surface area contributed by atoms with Crippen molar-refractivity contribution in [3.8, 4) is 0 Å². The predicted molar refractivity (Wildman–Crippen MR) is 143 cm³/mol. The van der Waals surface area contributed by atoms with E-state index in [0.29, 0.717) is 6.54 Å². The van der Waals surface area contributed by atoms with Crippen LogP contribution in [0.15, 0.2) is 72.8 Å². The Morgan fingerprint density at radius 2 is 1.77 bits per heavy atom. The molecule has 1 amide bonds. The zero-order valence-corrected chi connectivity index (χ0v) is 20.8. The van der Waals surface area contributed by atoms with Crippen molar-refractivity contribution in [1.82, 2.24) is 14.9 Å². The molecule has 1 aromatic heterocycles. The van der Waals surface area contributed by atoms with Crippen LogP contribution in [0, 0.1) is 12.8 Å². The molecule has 4 aromatic rings. The van der Waals surface area contributed by atoms with Gasteiger partial charge in [-0.15, -0.1) is 0 Å². The van der Waals surface area contributed by atoms with Gasteiger partial charge in [0.05, 0.1) is 17.6 Å². The number of para-hydroxylation sites is 2. The van der Waals surface area contributed by atoms with E-state index in [1.165, 1.54) is 16.7 Å². The maximum absolute atomic E-state index is 12.8. The lowest BCUT2D eigenvalue weighted by atomic mass is 9.96.